The highest BCUT2D eigenvalue weighted by Gasteiger charge is 2.48. The number of hydrogen-bond donors (Lipinski definition) is 8. The Kier molecular flexibility index (Phi) is 27.3. The van der Waals surface area contributed by atoms with Gasteiger partial charge >= 0.3 is 5.97 Å². The van der Waals surface area contributed by atoms with Crippen LogP contribution in [0.3, 0.4) is 0 Å². The van der Waals surface area contributed by atoms with Crippen molar-refractivity contribution >= 4 is 119 Å². The zero-order valence-electron chi connectivity index (χ0n) is 79.9. The van der Waals surface area contributed by atoms with E-state index in [-0.39, 0.29) is 72.2 Å². The van der Waals surface area contributed by atoms with Crippen LogP contribution in [0.5, 0.6) is 17.2 Å². The number of aryl methyl sites for hydroxylation is 3. The molecule has 1 fully saturated rings. The number of rotatable bonds is 16. The molecule has 1 saturated carbocycles. The number of aromatic nitrogens is 13. The van der Waals surface area contributed by atoms with Gasteiger partial charge in [0.25, 0.3) is 35.4 Å². The molecule has 7 aliphatic rings. The van der Waals surface area contributed by atoms with Crippen molar-refractivity contribution in [1.82, 2.24) is 99.1 Å². The van der Waals surface area contributed by atoms with Gasteiger partial charge in [-0.2, -0.15) is 0 Å². The Morgan fingerprint density at radius 1 is 0.420 bits per heavy atom. The Morgan fingerprint density at radius 3 is 1.33 bits per heavy atom. The molecule has 25 rings (SSSR count). The van der Waals surface area contributed by atoms with Crippen LogP contribution in [0.15, 0.2) is 231 Å². The molecule has 0 bridgehead atoms. The van der Waals surface area contributed by atoms with Crippen LogP contribution >= 0.6 is 0 Å². The fraction of sp³-hybridized carbons (Fsp3) is 0.268. The zero-order chi connectivity index (χ0) is 98.1. The van der Waals surface area contributed by atoms with Crippen LogP contribution in [0.25, 0.3) is 123 Å². The predicted molar refractivity (Wildman–Crippen MR) is 553 cm³/mol. The number of nitrogens with zero attached hydrogens (tertiary/aromatic N) is 14. The van der Waals surface area contributed by atoms with E-state index in [2.05, 4.69) is 142 Å². The average Bonchev–Trinajstić information content (AvgIpc) is 1.60. The van der Waals surface area contributed by atoms with Gasteiger partial charge < -0.3 is 83.9 Å². The molecule has 31 nitrogen and oxygen atoms in total. The minimum Gasteiger partial charge on any atom is -0.504 e. The van der Waals surface area contributed by atoms with Crippen molar-refractivity contribution in [1.29, 1.82) is 0 Å². The van der Waals surface area contributed by atoms with Crippen molar-refractivity contribution in [2.45, 2.75) is 119 Å². The highest BCUT2D eigenvalue weighted by Crippen LogP contribution is 2.49. The number of pyridine rings is 1. The summed E-state index contributed by atoms with van der Waals surface area (Å²) < 4.78 is 23.6. The third-order valence-electron chi connectivity index (χ3n) is 26.9. The minimum atomic E-state index is -0.178. The van der Waals surface area contributed by atoms with Gasteiger partial charge in [0.15, 0.2) is 17.3 Å². The van der Waals surface area contributed by atoms with Crippen molar-refractivity contribution in [3.8, 4) is 62.9 Å². The number of carbonyl (C=O) groups excluding carboxylic acids is 7. The third kappa shape index (κ3) is 19.0. The number of ether oxygens (including phenoxy) is 2. The lowest BCUT2D eigenvalue weighted by Crippen LogP contribution is -2.24. The maximum absolute atomic E-state index is 12.3. The van der Waals surface area contributed by atoms with Crippen LogP contribution in [0, 0.1) is 19.8 Å². The summed E-state index contributed by atoms with van der Waals surface area (Å²) >= 11 is 0. The van der Waals surface area contributed by atoms with Crippen molar-refractivity contribution in [2.75, 3.05) is 73.1 Å². The Morgan fingerprint density at radius 2 is 0.832 bits per heavy atom. The smallest absolute Gasteiger partial charge is 0.309 e. The lowest BCUT2D eigenvalue weighted by Gasteiger charge is -2.14. The quantitative estimate of drug-likeness (QED) is 0.0253. The molecule has 31 heteroatoms. The first-order chi connectivity index (χ1) is 69.1. The molecule has 11 aromatic carbocycles. The number of para-hydroxylation sites is 7. The summed E-state index contributed by atoms with van der Waals surface area (Å²) in [5.74, 6) is 5.71. The number of benzene rings is 11. The van der Waals surface area contributed by atoms with E-state index < -0.39 is 0 Å². The van der Waals surface area contributed by atoms with Crippen LogP contribution in [0.1, 0.15) is 149 Å². The Labute approximate surface area is 824 Å². The molecule has 8 N–H and O–H groups in total. The van der Waals surface area contributed by atoms with Gasteiger partial charge in [-0.3, -0.25) is 33.6 Å². The molecule has 0 spiro atoms. The number of aromatic hydroxyl groups is 2. The second kappa shape index (κ2) is 41.0. The van der Waals surface area contributed by atoms with Crippen LogP contribution in [0.2, 0.25) is 0 Å². The van der Waals surface area contributed by atoms with Crippen LogP contribution < -0.4 is 36.6 Å². The molecule has 18 aromatic rings. The monoisotopic (exact) mass is 1910 g/mol. The molecule has 6 amide bonds. The second-order valence-corrected chi connectivity index (χ2v) is 36.5. The van der Waals surface area contributed by atoms with Crippen molar-refractivity contribution < 1.29 is 53.2 Å². The van der Waals surface area contributed by atoms with Gasteiger partial charge in [-0.05, 0) is 204 Å². The molecule has 0 saturated heterocycles. The first-order valence-corrected chi connectivity index (χ1v) is 48.4. The molecular formula is C112H112N20O11. The Hall–Kier alpha value is -16.7. The largest absolute Gasteiger partial charge is 0.504 e. The van der Waals surface area contributed by atoms with Crippen molar-refractivity contribution in [3.63, 3.8) is 0 Å². The van der Waals surface area contributed by atoms with Crippen LogP contribution in [-0.2, 0) is 61.6 Å². The number of hydrogen-bond acceptors (Lipinski definition) is 19. The second-order valence-electron chi connectivity index (χ2n) is 36.5. The molecule has 13 heterocycles. The molecular weight excluding hydrogens is 1800 g/mol. The lowest BCUT2D eigenvalue weighted by atomic mass is 9.99. The number of fused-ring (bicyclic) bond motifs is 1. The number of nitrogens with one attached hydrogen (secondary N) is 6. The highest BCUT2D eigenvalue weighted by molar-refractivity contribution is 6.11. The summed E-state index contributed by atoms with van der Waals surface area (Å²) in [7, 11) is 4.12. The molecule has 3 atom stereocenters. The summed E-state index contributed by atoms with van der Waals surface area (Å²) in [5.41, 5.74) is 23.5. The summed E-state index contributed by atoms with van der Waals surface area (Å²) in [6.07, 6.45) is 3.78. The van der Waals surface area contributed by atoms with Gasteiger partial charge in [-0.15, -0.1) is 0 Å². The topological polar surface area (TPSA) is 374 Å². The number of carbonyl (C=O) groups is 7. The Bertz CT molecular complexity index is 7980. The maximum atomic E-state index is 12.3. The Balaban J connectivity index is 0.000000109. The fourth-order valence-corrected chi connectivity index (χ4v) is 19.9. The van der Waals surface area contributed by atoms with Crippen molar-refractivity contribution in [2.24, 2.45) is 5.92 Å². The first-order valence-electron chi connectivity index (χ1n) is 48.4. The zero-order valence-corrected chi connectivity index (χ0v) is 79.9. The van der Waals surface area contributed by atoms with E-state index in [0.29, 0.717) is 129 Å². The third-order valence-corrected chi connectivity index (χ3v) is 26.9. The van der Waals surface area contributed by atoms with Gasteiger partial charge in [0, 0.05) is 119 Å². The summed E-state index contributed by atoms with van der Waals surface area (Å²) in [5, 5.41) is 38.3. The van der Waals surface area contributed by atoms with E-state index in [4.69, 9.17) is 39.4 Å². The number of phenols is 2. The minimum absolute atomic E-state index is 0. The molecule has 1 aliphatic carbocycles. The fourth-order valence-electron chi connectivity index (χ4n) is 19.9. The maximum Gasteiger partial charge on any atom is 0.309 e. The molecule has 0 radical (unpaired) electrons. The summed E-state index contributed by atoms with van der Waals surface area (Å²) in [6.45, 7) is 19.8. The van der Waals surface area contributed by atoms with Crippen LogP contribution in [0.4, 0.5) is 0 Å². The van der Waals surface area contributed by atoms with E-state index in [1.54, 1.807) is 19.1 Å². The van der Waals surface area contributed by atoms with Crippen LogP contribution in [-0.4, -0.2) is 192 Å². The molecule has 7 aromatic heterocycles. The molecule has 726 valence electrons. The van der Waals surface area contributed by atoms with Gasteiger partial charge in [0.1, 0.15) is 40.6 Å². The molecule has 143 heavy (non-hydrogen) atoms. The summed E-state index contributed by atoms with van der Waals surface area (Å²) in [6, 6.07) is 74.4. The standard InChI is InChI=1S/C21H24N4O2.C21H23N3O.C19H14N4O.C17H15N3O3.C17H15N3O.C16H17N3O3.CH4/c1-24(2)12-4-14-27-16-9-7-15(8-10-16)20-23-18-6-3-5-17-19(18)25(20)13-11-22-21(17)26;1-3-15-7-9-16(10-8-15)13-14(2)20-23-18-6-4-5-17-19(18)24(20)12-11-22-21(17)25;24-19-13-5-3-7-15-17(13)23(11-10-20-19)18(22-15)16-9-8-12-4-1-2-6-14(12)21-16;1-9-7-10(8-13(21)15(9)22)16-19-12-4-2-3-11-14(12)20(16)6-5-18-17(11)23;1-11-5-2-3-6-12(11)16-19-14-8-4-7-13-15(14)20(16)10-9-18-17(13)21;1-2-22-16(21)11-8-10(11)14-18-12-5-3-4-9-13(12)19(14)7-6-17-15(9)20;/h3,5-10H,4,11-14H2,1-2H3,(H,22,26);4-10,14H,3,11-13H2,1-2H3,(H,22,25);1-9H,10-11H2,(H,20,24);2-4,7-8,21-22H,5-6H2,1H3,(H,18,23);2-8H,9-10H2,1H3,(H,18,21);3-5,10-11H,2,6-8H2,1H3,(H,17,20);1H4/t;;;;;10?,11-;/m.....1./s1. The van der Waals surface area contributed by atoms with Gasteiger partial charge in [-0.25, -0.2) is 34.9 Å². The van der Waals surface area contributed by atoms with E-state index in [1.165, 1.54) is 22.8 Å². The van der Waals surface area contributed by atoms with E-state index in [0.717, 1.165) is 180 Å². The number of imidazole rings is 6. The van der Waals surface area contributed by atoms with Crippen molar-refractivity contribution in [3.05, 3.63) is 298 Å². The van der Waals surface area contributed by atoms with Gasteiger partial charge in [0.05, 0.1) is 124 Å². The number of phenolic OH excluding ortho intramolecular Hbond substituents is 2. The summed E-state index contributed by atoms with van der Waals surface area (Å²) in [4.78, 5) is 121. The number of amides is 6. The van der Waals surface area contributed by atoms with Gasteiger partial charge in [-0.1, -0.05) is 130 Å². The normalized spacial score (nSPS) is 15.4. The van der Waals surface area contributed by atoms with E-state index >= 15 is 0 Å². The SMILES string of the molecule is C.CCOC(=O)[C@@H]1CC1c1nc2cccc3c2n1CCNC3=O.CCc1ccc(CC(C)c2nc3cccc4c3n2CCNC4=O)cc1.CN(C)CCCOc1ccc(-c2nc3cccc4c3n2CCNC4=O)cc1.Cc1cc(-c2nc3cccc4c3n2CCNC4=O)cc(O)c1O.Cc1ccccc1-c1nc2cccc3c2n1CCNC3=O.O=C1NCCn2c(-c3ccc4ccccc4n3)nc3cccc1c32. The number of esters is 1. The average molecular weight is 1910 g/mol. The molecule has 2 unspecified atom stereocenters. The van der Waals surface area contributed by atoms with E-state index in [9.17, 15) is 43.8 Å². The first kappa shape index (κ1) is 95.2. The van der Waals surface area contributed by atoms with Gasteiger partial charge in [0.2, 0.25) is 0 Å². The lowest BCUT2D eigenvalue weighted by molar-refractivity contribution is -0.144. The highest BCUT2D eigenvalue weighted by atomic mass is 16.5. The predicted octanol–water partition coefficient (Wildman–Crippen LogP) is 16.5. The molecule has 6 aliphatic heterocycles. The van der Waals surface area contributed by atoms with E-state index in [1.807, 2.05) is 181 Å².